The van der Waals surface area contributed by atoms with E-state index in [2.05, 4.69) is 61.5 Å². The number of rotatable bonds is 0. The summed E-state index contributed by atoms with van der Waals surface area (Å²) in [4.78, 5) is 0. The van der Waals surface area contributed by atoms with Crippen LogP contribution in [0.1, 0.15) is 23.1 Å². The van der Waals surface area contributed by atoms with Crippen molar-refractivity contribution in [3.05, 3.63) is 98.3 Å². The molecule has 0 saturated heterocycles. The van der Waals surface area contributed by atoms with E-state index in [0.29, 0.717) is 0 Å². The molecule has 0 bridgehead atoms. The van der Waals surface area contributed by atoms with Gasteiger partial charge in [0.25, 0.3) is 0 Å². The molecule has 2 aromatic rings. The molecule has 2 aliphatic carbocycles. The average molecular weight is 469 g/mol. The van der Waals surface area contributed by atoms with Gasteiger partial charge in [-0.2, -0.15) is 35.4 Å². The van der Waals surface area contributed by atoms with Crippen LogP contribution in [0.15, 0.2) is 54.6 Å². The normalized spacial score (nSPS) is 10.6. The summed E-state index contributed by atoms with van der Waals surface area (Å²) in [6, 6.07) is 16.3. The molecular weight excluding hydrogens is 442 g/mol. The van der Waals surface area contributed by atoms with Gasteiger partial charge in [-0.05, 0) is 6.42 Å². The minimum absolute atomic E-state index is 0. The Morgan fingerprint density at radius 3 is 2.28 bits per heavy atom. The van der Waals surface area contributed by atoms with E-state index >= 15 is 0 Å². The van der Waals surface area contributed by atoms with Gasteiger partial charge in [0.2, 0.25) is 0 Å². The fourth-order valence-electron chi connectivity index (χ4n) is 2.49. The Bertz CT molecular complexity index is 671. The van der Waals surface area contributed by atoms with Crippen LogP contribution in [0.4, 0.5) is 0 Å². The fourth-order valence-corrected chi connectivity index (χ4v) is 2.49. The standard InChI is InChI=1S/C14H11.C5H5.2CH3.2ClH.H2Si.Zr/c1-10-6-7-12-9-11-4-2-3-5-13(11)14(12)8-10;1-2-4-5-3-1;;;;;;/h2-6,8H,9H2,1H3;1-3H,4H2;2*1H3;2*1H;1H2;/q4*-1;;;;. The van der Waals surface area contributed by atoms with E-state index in [1.54, 1.807) is 23.3 Å². The molecule has 25 heavy (non-hydrogen) atoms. The molecule has 0 unspecified atom stereocenters. The van der Waals surface area contributed by atoms with Crippen LogP contribution < -0.4 is 0 Å². The van der Waals surface area contributed by atoms with Crippen LogP contribution in [0.25, 0.3) is 11.1 Å². The summed E-state index contributed by atoms with van der Waals surface area (Å²) in [6.07, 6.45) is 11.0. The van der Waals surface area contributed by atoms with Gasteiger partial charge in [-0.3, -0.25) is 6.08 Å². The van der Waals surface area contributed by atoms with Gasteiger partial charge in [-0.15, -0.1) is 36.8 Å². The number of benzene rings is 2. The molecule has 0 heterocycles. The van der Waals surface area contributed by atoms with Crippen LogP contribution >= 0.6 is 24.8 Å². The van der Waals surface area contributed by atoms with Crippen LogP contribution in [0.2, 0.25) is 0 Å². The molecule has 136 valence electrons. The average Bonchev–Trinajstić information content (AvgIpc) is 3.20. The molecule has 0 amide bonds. The van der Waals surface area contributed by atoms with Gasteiger partial charge in [-0.25, -0.2) is 12.2 Å². The maximum absolute atomic E-state index is 3.36. The molecule has 0 atom stereocenters. The third kappa shape index (κ3) is 8.22. The third-order valence-electron chi connectivity index (χ3n) is 3.43. The molecule has 0 saturated carbocycles. The second kappa shape index (κ2) is 15.8. The molecular formula is C21H26Cl2SiZr-4. The van der Waals surface area contributed by atoms with Crippen LogP contribution in [0.5, 0.6) is 0 Å². The number of hydrogen-bond acceptors (Lipinski definition) is 0. The first kappa shape index (κ1) is 29.4. The summed E-state index contributed by atoms with van der Waals surface area (Å²) >= 11 is 1.58. The number of allylic oxidation sites excluding steroid dienone is 4. The molecule has 0 aromatic heterocycles. The predicted molar refractivity (Wildman–Crippen MR) is 116 cm³/mol. The van der Waals surface area contributed by atoms with Crippen LogP contribution in [-0.2, 0) is 29.8 Å². The number of halogens is 2. The Kier molecular flexibility index (Phi) is 18.6. The molecule has 0 nitrogen and oxygen atoms in total. The zero-order chi connectivity index (χ0) is 15.1. The van der Waals surface area contributed by atoms with Crippen molar-refractivity contribution in [2.75, 3.05) is 0 Å². The molecule has 4 heteroatoms. The van der Waals surface area contributed by atoms with Crippen molar-refractivity contribution in [1.29, 1.82) is 0 Å². The van der Waals surface area contributed by atoms with Crippen molar-refractivity contribution in [2.45, 2.75) is 19.8 Å². The Morgan fingerprint density at radius 2 is 1.72 bits per heavy atom. The van der Waals surface area contributed by atoms with Crippen molar-refractivity contribution >= 4 is 31.7 Å². The second-order valence-electron chi connectivity index (χ2n) is 4.91. The topological polar surface area (TPSA) is 0 Å². The van der Waals surface area contributed by atoms with Gasteiger partial charge in [0.05, 0.1) is 0 Å². The van der Waals surface area contributed by atoms with E-state index in [1.165, 1.54) is 27.8 Å². The molecule has 0 N–H and O–H groups in total. The quantitative estimate of drug-likeness (QED) is 0.302. The van der Waals surface area contributed by atoms with Gasteiger partial charge < -0.3 is 14.9 Å². The zero-order valence-electron chi connectivity index (χ0n) is 15.1. The van der Waals surface area contributed by atoms with Gasteiger partial charge >= 0.3 is 30.2 Å². The summed E-state index contributed by atoms with van der Waals surface area (Å²) in [6.45, 7) is 4.07. The molecule has 0 aliphatic heterocycles. The van der Waals surface area contributed by atoms with E-state index in [1.807, 2.05) is 19.0 Å². The first-order valence-electron chi connectivity index (χ1n) is 7.01. The predicted octanol–water partition coefficient (Wildman–Crippen LogP) is 5.50. The maximum atomic E-state index is 3.36. The van der Waals surface area contributed by atoms with E-state index in [0.717, 1.165) is 12.8 Å². The van der Waals surface area contributed by atoms with E-state index in [9.17, 15) is 0 Å². The monoisotopic (exact) mass is 466 g/mol. The first-order chi connectivity index (χ1) is 10.3. The molecule has 2 aromatic carbocycles. The number of fused-ring (bicyclic) bond motifs is 3. The number of hydrogen-bond donors (Lipinski definition) is 0. The molecule has 0 radical (unpaired) electrons. The van der Waals surface area contributed by atoms with Gasteiger partial charge in [0, 0.05) is 0 Å². The number of aryl methyl sites for hydroxylation is 1. The van der Waals surface area contributed by atoms with Gasteiger partial charge in [0.15, 0.2) is 0 Å². The second-order valence-corrected chi connectivity index (χ2v) is 4.91. The fraction of sp³-hybridized carbons (Fsp3) is 0.143. The summed E-state index contributed by atoms with van der Waals surface area (Å²) in [5.74, 6) is 0. The van der Waals surface area contributed by atoms with Crippen molar-refractivity contribution in [3.8, 4) is 11.1 Å². The van der Waals surface area contributed by atoms with Crippen LogP contribution in [0, 0.1) is 33.9 Å². The summed E-state index contributed by atoms with van der Waals surface area (Å²) in [7, 11) is 0. The molecule has 0 fully saturated rings. The third-order valence-corrected chi connectivity index (χ3v) is 3.43. The first-order valence-corrected chi connectivity index (χ1v) is 12.9. The Labute approximate surface area is 183 Å². The Hall–Kier alpha value is -0.400. The van der Waals surface area contributed by atoms with Crippen molar-refractivity contribution in [3.63, 3.8) is 0 Å². The zero-order valence-corrected chi connectivity index (χ0v) is 20.6. The van der Waals surface area contributed by atoms with E-state index < -0.39 is 0 Å². The summed E-state index contributed by atoms with van der Waals surface area (Å²) < 4.78 is 0. The van der Waals surface area contributed by atoms with Gasteiger partial charge in [0.1, 0.15) is 0 Å². The van der Waals surface area contributed by atoms with Crippen LogP contribution in [-0.4, -0.2) is 6.88 Å². The van der Waals surface area contributed by atoms with Crippen LogP contribution in [0.3, 0.4) is 0 Å². The summed E-state index contributed by atoms with van der Waals surface area (Å²) in [5.41, 5.74) is 6.84. The van der Waals surface area contributed by atoms with Gasteiger partial charge in [-0.1, -0.05) is 42.3 Å². The molecule has 0 spiro atoms. The SMILES string of the molecule is Cc1c[c-]c2c(c1)-c1ccccc1C2.Cl.Cl.[C-]1=CC=CC1.[CH3-].[CH3-].[SiH2]=[Zr]. The van der Waals surface area contributed by atoms with Crippen molar-refractivity contribution in [1.82, 2.24) is 0 Å². The van der Waals surface area contributed by atoms with E-state index in [-0.39, 0.29) is 39.7 Å². The van der Waals surface area contributed by atoms with E-state index in [4.69, 9.17) is 0 Å². The van der Waals surface area contributed by atoms with Crippen molar-refractivity contribution in [2.24, 2.45) is 0 Å². The minimum atomic E-state index is 0. The Balaban J connectivity index is -0.000000385. The molecule has 4 rings (SSSR count). The molecule has 2 aliphatic rings. The van der Waals surface area contributed by atoms with Crippen molar-refractivity contribution < 1.29 is 23.3 Å². The summed E-state index contributed by atoms with van der Waals surface area (Å²) in [5, 5.41) is 0. The Morgan fingerprint density at radius 1 is 1.04 bits per heavy atom.